The standard InChI is InChI=1S/C14H10F8N4O3/c1-29-9(28)8(27)23-11(26-7-5-3-2-4-6(7)24-25-26)13(19,20)14(21,22)12(17,18)10(15)16/h2-5,10-11H,1H3,(H,23,27). The Bertz CT molecular complexity index is 917. The number of methoxy groups -OCH3 is 1. The van der Waals surface area contributed by atoms with Gasteiger partial charge in [-0.05, 0) is 12.1 Å². The highest BCUT2D eigenvalue weighted by atomic mass is 19.4. The van der Waals surface area contributed by atoms with Gasteiger partial charge in [0.15, 0.2) is 6.17 Å². The van der Waals surface area contributed by atoms with Crippen molar-refractivity contribution >= 4 is 22.9 Å². The van der Waals surface area contributed by atoms with Crippen LogP contribution in [0.25, 0.3) is 11.0 Å². The Hall–Kier alpha value is -3.00. The van der Waals surface area contributed by atoms with E-state index < -0.39 is 47.8 Å². The van der Waals surface area contributed by atoms with Crippen molar-refractivity contribution in [3.05, 3.63) is 24.3 Å². The van der Waals surface area contributed by atoms with Crippen molar-refractivity contribution in [1.29, 1.82) is 0 Å². The molecule has 0 aliphatic heterocycles. The van der Waals surface area contributed by atoms with Crippen LogP contribution in [-0.4, -0.2) is 58.2 Å². The Morgan fingerprint density at radius 3 is 2.21 bits per heavy atom. The molecule has 1 aromatic heterocycles. The van der Waals surface area contributed by atoms with Gasteiger partial charge in [0.25, 0.3) is 0 Å². The third kappa shape index (κ3) is 3.55. The van der Waals surface area contributed by atoms with E-state index in [1.54, 1.807) is 0 Å². The molecule has 1 atom stereocenters. The van der Waals surface area contributed by atoms with Crippen molar-refractivity contribution < 1.29 is 49.4 Å². The van der Waals surface area contributed by atoms with E-state index in [9.17, 15) is 44.7 Å². The number of nitrogens with zero attached hydrogens (tertiary/aromatic N) is 3. The first-order valence-electron chi connectivity index (χ1n) is 7.39. The minimum absolute atomic E-state index is 0.106. The number of para-hydroxylation sites is 1. The molecule has 1 heterocycles. The number of ether oxygens (including phenoxy) is 1. The van der Waals surface area contributed by atoms with Gasteiger partial charge in [-0.25, -0.2) is 18.3 Å². The maximum absolute atomic E-state index is 14.5. The van der Waals surface area contributed by atoms with Gasteiger partial charge in [-0.2, -0.15) is 26.3 Å². The average molecular weight is 434 g/mol. The number of aromatic nitrogens is 3. The van der Waals surface area contributed by atoms with E-state index in [4.69, 9.17) is 0 Å². The maximum Gasteiger partial charge on any atom is 0.396 e. The molecule has 1 N–H and O–H groups in total. The largest absolute Gasteiger partial charge is 0.462 e. The number of halogens is 8. The summed E-state index contributed by atoms with van der Waals surface area (Å²) in [5.74, 6) is -23.2. The lowest BCUT2D eigenvalue weighted by molar-refractivity contribution is -0.350. The maximum atomic E-state index is 14.5. The molecule has 2 rings (SSSR count). The highest BCUT2D eigenvalue weighted by Gasteiger charge is 2.78. The van der Waals surface area contributed by atoms with Gasteiger partial charge in [-0.1, -0.05) is 17.3 Å². The molecule has 1 aromatic carbocycles. The molecule has 0 spiro atoms. The summed E-state index contributed by atoms with van der Waals surface area (Å²) < 4.78 is 112. The number of hydrogen-bond acceptors (Lipinski definition) is 5. The number of amides is 1. The molecule has 0 fully saturated rings. The molecule has 0 bridgehead atoms. The van der Waals surface area contributed by atoms with Crippen molar-refractivity contribution in [2.24, 2.45) is 0 Å². The van der Waals surface area contributed by atoms with Gasteiger partial charge in [-0.15, -0.1) is 5.10 Å². The van der Waals surface area contributed by atoms with Crippen molar-refractivity contribution in [3.8, 4) is 0 Å². The molecule has 15 heteroatoms. The van der Waals surface area contributed by atoms with Crippen molar-refractivity contribution in [1.82, 2.24) is 20.3 Å². The first-order chi connectivity index (χ1) is 13.3. The Morgan fingerprint density at radius 2 is 1.66 bits per heavy atom. The zero-order chi connectivity index (χ0) is 22.2. The van der Waals surface area contributed by atoms with E-state index in [2.05, 4.69) is 15.0 Å². The second kappa shape index (κ2) is 7.44. The number of alkyl halides is 8. The van der Waals surface area contributed by atoms with Gasteiger partial charge in [0.1, 0.15) is 5.52 Å². The zero-order valence-corrected chi connectivity index (χ0v) is 14.1. The number of rotatable bonds is 6. The highest BCUT2D eigenvalue weighted by Crippen LogP contribution is 2.52. The molecule has 1 unspecified atom stereocenters. The molecular formula is C14H10F8N4O3. The van der Waals surface area contributed by atoms with Gasteiger partial charge >= 0.3 is 36.1 Å². The summed E-state index contributed by atoms with van der Waals surface area (Å²) in [6.07, 6.45) is -8.69. The predicted molar refractivity (Wildman–Crippen MR) is 77.6 cm³/mol. The highest BCUT2D eigenvalue weighted by molar-refractivity contribution is 6.32. The number of esters is 1. The molecule has 2 aromatic rings. The molecule has 0 radical (unpaired) electrons. The molecule has 160 valence electrons. The van der Waals surface area contributed by atoms with Crippen LogP contribution in [0.1, 0.15) is 6.17 Å². The van der Waals surface area contributed by atoms with E-state index in [-0.39, 0.29) is 10.2 Å². The summed E-state index contributed by atoms with van der Waals surface area (Å²) in [7, 11) is 0.638. The first kappa shape index (κ1) is 22.3. The monoisotopic (exact) mass is 434 g/mol. The van der Waals surface area contributed by atoms with Crippen molar-refractivity contribution in [2.75, 3.05) is 7.11 Å². The second-order valence-corrected chi connectivity index (χ2v) is 5.51. The normalized spacial score (nSPS) is 14.1. The lowest BCUT2D eigenvalue weighted by atomic mass is 10.0. The molecule has 0 saturated heterocycles. The van der Waals surface area contributed by atoms with Crippen molar-refractivity contribution in [2.45, 2.75) is 30.4 Å². The predicted octanol–water partition coefficient (Wildman–Crippen LogP) is 2.39. The Labute approximate surface area is 155 Å². The van der Waals surface area contributed by atoms with Crippen LogP contribution < -0.4 is 5.32 Å². The number of nitrogens with one attached hydrogen (secondary N) is 1. The molecule has 0 saturated carbocycles. The van der Waals surface area contributed by atoms with E-state index in [0.29, 0.717) is 7.11 Å². The van der Waals surface area contributed by atoms with E-state index in [0.717, 1.165) is 11.4 Å². The second-order valence-electron chi connectivity index (χ2n) is 5.51. The summed E-state index contributed by atoms with van der Waals surface area (Å²) in [5, 5.41) is 7.49. The fourth-order valence-electron chi connectivity index (χ4n) is 2.19. The summed E-state index contributed by atoms with van der Waals surface area (Å²) in [6.45, 7) is 0. The van der Waals surface area contributed by atoms with Crippen molar-refractivity contribution in [3.63, 3.8) is 0 Å². The minimum Gasteiger partial charge on any atom is -0.462 e. The lowest BCUT2D eigenvalue weighted by Crippen LogP contribution is -2.63. The molecule has 7 nitrogen and oxygen atoms in total. The van der Waals surface area contributed by atoms with Crippen LogP contribution in [0.5, 0.6) is 0 Å². The summed E-state index contributed by atoms with van der Waals surface area (Å²) in [6, 6.07) is 4.70. The van der Waals surface area contributed by atoms with Gasteiger partial charge in [0.2, 0.25) is 0 Å². The summed E-state index contributed by atoms with van der Waals surface area (Å²) >= 11 is 0. The molecule has 1 amide bonds. The smallest absolute Gasteiger partial charge is 0.396 e. The Kier molecular flexibility index (Phi) is 5.72. The van der Waals surface area contributed by atoms with Crippen LogP contribution in [0.4, 0.5) is 35.1 Å². The third-order valence-corrected chi connectivity index (χ3v) is 3.72. The van der Waals surface area contributed by atoms with E-state index in [1.807, 2.05) is 0 Å². The molecule has 29 heavy (non-hydrogen) atoms. The molecule has 0 aliphatic rings. The first-order valence-corrected chi connectivity index (χ1v) is 7.39. The minimum atomic E-state index is -6.69. The summed E-state index contributed by atoms with van der Waals surface area (Å²) in [4.78, 5) is 22.8. The van der Waals surface area contributed by atoms with Crippen LogP contribution in [0.3, 0.4) is 0 Å². The third-order valence-electron chi connectivity index (χ3n) is 3.72. The van der Waals surface area contributed by atoms with Crippen LogP contribution in [0.15, 0.2) is 24.3 Å². The average Bonchev–Trinajstić information content (AvgIpc) is 3.08. The zero-order valence-electron chi connectivity index (χ0n) is 14.1. The van der Waals surface area contributed by atoms with Crippen LogP contribution in [0.2, 0.25) is 0 Å². The van der Waals surface area contributed by atoms with Gasteiger partial charge in [-0.3, -0.25) is 4.79 Å². The van der Waals surface area contributed by atoms with E-state index in [1.165, 1.54) is 18.2 Å². The van der Waals surface area contributed by atoms with E-state index >= 15 is 0 Å². The molecular weight excluding hydrogens is 424 g/mol. The number of carbonyl (C=O) groups is 2. The Balaban J connectivity index is 2.66. The molecule has 0 aliphatic carbocycles. The van der Waals surface area contributed by atoms with Gasteiger partial charge in [0, 0.05) is 0 Å². The quantitative estimate of drug-likeness (QED) is 0.429. The SMILES string of the molecule is COC(=O)C(=O)NC(n1nnc2ccccc21)C(F)(F)C(F)(F)C(F)(F)C(F)F. The topological polar surface area (TPSA) is 86.1 Å². The fraction of sp³-hybridized carbons (Fsp3) is 0.429. The number of fused-ring (bicyclic) bond motifs is 1. The van der Waals surface area contributed by atoms with Crippen LogP contribution >= 0.6 is 0 Å². The Morgan fingerprint density at radius 1 is 1.07 bits per heavy atom. The summed E-state index contributed by atoms with van der Waals surface area (Å²) in [5.41, 5.74) is -0.650. The fourth-order valence-corrected chi connectivity index (χ4v) is 2.19. The number of carbonyl (C=O) groups excluding carboxylic acids is 2. The number of benzene rings is 1. The van der Waals surface area contributed by atoms with Gasteiger partial charge in [0.05, 0.1) is 12.6 Å². The van der Waals surface area contributed by atoms with Gasteiger partial charge < -0.3 is 10.1 Å². The van der Waals surface area contributed by atoms with Crippen LogP contribution in [-0.2, 0) is 14.3 Å². The van der Waals surface area contributed by atoms with Crippen LogP contribution in [0, 0.1) is 0 Å². The number of hydrogen-bond donors (Lipinski definition) is 1. The lowest BCUT2D eigenvalue weighted by Gasteiger charge is -2.36.